The average Bonchev–Trinajstić information content (AvgIpc) is 3.06. The van der Waals surface area contributed by atoms with Crippen LogP contribution in [0.1, 0.15) is 47.1 Å². The van der Waals surface area contributed by atoms with Gasteiger partial charge in [0.25, 0.3) is 0 Å². The van der Waals surface area contributed by atoms with Crippen LogP contribution in [-0.4, -0.2) is 53.8 Å². The maximum Gasteiger partial charge on any atom is 0.330 e. The molecule has 0 saturated heterocycles. The predicted molar refractivity (Wildman–Crippen MR) is 122 cm³/mol. The van der Waals surface area contributed by atoms with Crippen molar-refractivity contribution in [2.45, 2.75) is 65.2 Å². The lowest BCUT2D eigenvalue weighted by atomic mass is 10.2. The van der Waals surface area contributed by atoms with E-state index >= 15 is 0 Å². The maximum atomic E-state index is 13.0. The minimum absolute atomic E-state index is 0.0765. The number of fused-ring (bicyclic) bond motifs is 1. The van der Waals surface area contributed by atoms with Crippen LogP contribution in [0.25, 0.3) is 11.2 Å². The van der Waals surface area contributed by atoms with Gasteiger partial charge in [0, 0.05) is 0 Å². The Bertz CT molecular complexity index is 873. The molecule has 30 heavy (non-hydrogen) atoms. The Balaban J connectivity index is 2.32. The molecular weight excluding hydrogens is 421 g/mol. The van der Waals surface area contributed by atoms with Crippen LogP contribution in [0.4, 0.5) is 5.82 Å². The summed E-state index contributed by atoms with van der Waals surface area (Å²) < 4.78 is 32.4. The van der Waals surface area contributed by atoms with Crippen LogP contribution in [-0.2, 0) is 18.0 Å². The van der Waals surface area contributed by atoms with Crippen LogP contribution in [0.15, 0.2) is 12.7 Å². The van der Waals surface area contributed by atoms with Crippen molar-refractivity contribution in [1.82, 2.24) is 19.5 Å². The van der Waals surface area contributed by atoms with E-state index < -0.39 is 15.9 Å². The minimum Gasteiger partial charge on any atom is -0.415 e. The standard InChI is InChI=1S/C19H36N5O4PSi/c1-8-26-29(25,27-9-2)11-10-15(12-28-30(6,7)19(3,4)5)24-14-23-16-17(20)21-13-22-18(16)24/h13-15H,8-12H2,1-7H3,(H2,20,21,22). The third-order valence-corrected chi connectivity index (χ3v) is 12.2. The van der Waals surface area contributed by atoms with Gasteiger partial charge in [0.1, 0.15) is 11.8 Å². The molecule has 0 radical (unpaired) electrons. The zero-order valence-corrected chi connectivity index (χ0v) is 21.1. The molecule has 11 heteroatoms. The molecule has 0 amide bonds. The van der Waals surface area contributed by atoms with Crippen LogP contribution >= 0.6 is 7.60 Å². The second kappa shape index (κ2) is 9.87. The van der Waals surface area contributed by atoms with Crippen molar-refractivity contribution < 1.29 is 18.0 Å². The number of nitrogens with zero attached hydrogens (tertiary/aromatic N) is 4. The summed E-state index contributed by atoms with van der Waals surface area (Å²) >= 11 is 0. The first-order valence-corrected chi connectivity index (χ1v) is 15.0. The van der Waals surface area contributed by atoms with Gasteiger partial charge in [-0.25, -0.2) is 15.0 Å². The van der Waals surface area contributed by atoms with Crippen molar-refractivity contribution in [3.8, 4) is 0 Å². The highest BCUT2D eigenvalue weighted by Gasteiger charge is 2.38. The summed E-state index contributed by atoms with van der Waals surface area (Å²) in [7, 11) is -5.16. The molecule has 0 fully saturated rings. The third-order valence-electron chi connectivity index (χ3n) is 5.61. The quantitative estimate of drug-likeness (QED) is 0.384. The van der Waals surface area contributed by atoms with Crippen molar-refractivity contribution in [1.29, 1.82) is 0 Å². The number of hydrogen-bond acceptors (Lipinski definition) is 8. The monoisotopic (exact) mass is 457 g/mol. The number of imidazole rings is 1. The number of rotatable bonds is 11. The highest BCUT2D eigenvalue weighted by atomic mass is 31.2. The summed E-state index contributed by atoms with van der Waals surface area (Å²) in [5.74, 6) is 0.331. The highest BCUT2D eigenvalue weighted by Crippen LogP contribution is 2.49. The molecule has 1 atom stereocenters. The summed E-state index contributed by atoms with van der Waals surface area (Å²) in [5, 5.41) is 0.0765. The molecule has 170 valence electrons. The van der Waals surface area contributed by atoms with Gasteiger partial charge < -0.3 is 23.8 Å². The molecule has 0 saturated carbocycles. The van der Waals surface area contributed by atoms with Crippen LogP contribution in [0, 0.1) is 0 Å². The molecule has 2 aromatic rings. The molecule has 2 rings (SSSR count). The average molecular weight is 458 g/mol. The summed E-state index contributed by atoms with van der Waals surface area (Å²) in [6, 6.07) is -0.146. The summed E-state index contributed by atoms with van der Waals surface area (Å²) in [4.78, 5) is 12.8. The first kappa shape index (κ1) is 24.9. The zero-order chi connectivity index (χ0) is 22.6. The van der Waals surface area contributed by atoms with Crippen molar-refractivity contribution >= 4 is 32.9 Å². The molecule has 1 unspecified atom stereocenters. The van der Waals surface area contributed by atoms with Crippen LogP contribution < -0.4 is 5.73 Å². The molecule has 2 N–H and O–H groups in total. The van der Waals surface area contributed by atoms with Crippen molar-refractivity contribution in [2.24, 2.45) is 0 Å². The molecule has 0 aliphatic rings. The highest BCUT2D eigenvalue weighted by molar-refractivity contribution is 7.53. The Kier molecular flexibility index (Phi) is 8.20. The minimum atomic E-state index is -3.18. The second-order valence-corrected chi connectivity index (χ2v) is 15.8. The Morgan fingerprint density at radius 1 is 1.17 bits per heavy atom. The van der Waals surface area contributed by atoms with Crippen LogP contribution in [0.2, 0.25) is 18.1 Å². The maximum absolute atomic E-state index is 13.0. The number of aromatic nitrogens is 4. The van der Waals surface area contributed by atoms with Gasteiger partial charge in [0.15, 0.2) is 19.8 Å². The van der Waals surface area contributed by atoms with Crippen molar-refractivity contribution in [2.75, 3.05) is 31.7 Å². The van der Waals surface area contributed by atoms with Gasteiger partial charge in [-0.15, -0.1) is 0 Å². The molecule has 0 bridgehead atoms. The van der Waals surface area contributed by atoms with Gasteiger partial charge in [0.05, 0.1) is 38.4 Å². The fraction of sp³-hybridized carbons (Fsp3) is 0.737. The Hall–Kier alpha value is -1.32. The molecule has 0 aliphatic carbocycles. The lowest BCUT2D eigenvalue weighted by Crippen LogP contribution is -2.42. The van der Waals surface area contributed by atoms with E-state index in [1.165, 1.54) is 6.33 Å². The van der Waals surface area contributed by atoms with Gasteiger partial charge in [-0.05, 0) is 38.4 Å². The largest absolute Gasteiger partial charge is 0.415 e. The Morgan fingerprint density at radius 2 is 1.80 bits per heavy atom. The van der Waals surface area contributed by atoms with Crippen molar-refractivity contribution in [3.05, 3.63) is 12.7 Å². The lowest BCUT2D eigenvalue weighted by molar-refractivity contribution is 0.207. The number of anilines is 1. The molecule has 9 nitrogen and oxygen atoms in total. The molecule has 0 aromatic carbocycles. The van der Waals surface area contributed by atoms with Gasteiger partial charge >= 0.3 is 7.60 Å². The Morgan fingerprint density at radius 3 is 2.37 bits per heavy atom. The van der Waals surface area contributed by atoms with E-state index in [1.807, 2.05) is 18.4 Å². The van der Waals surface area contributed by atoms with E-state index in [1.54, 1.807) is 6.33 Å². The molecule has 2 heterocycles. The normalized spacial score (nSPS) is 14.4. The molecular formula is C19H36N5O4PSi. The summed E-state index contributed by atoms with van der Waals surface area (Å²) in [5.41, 5.74) is 7.14. The van der Waals surface area contributed by atoms with Gasteiger partial charge in [-0.3, -0.25) is 4.57 Å². The number of nitrogens with two attached hydrogens (primary N) is 1. The number of nitrogen functional groups attached to an aromatic ring is 1. The summed E-state index contributed by atoms with van der Waals surface area (Å²) in [6.07, 6.45) is 3.93. The van der Waals surface area contributed by atoms with E-state index in [0.717, 1.165) is 0 Å². The molecule has 0 spiro atoms. The van der Waals surface area contributed by atoms with Gasteiger partial charge in [-0.1, -0.05) is 20.8 Å². The van der Waals surface area contributed by atoms with Crippen LogP contribution in [0.5, 0.6) is 0 Å². The first-order valence-electron chi connectivity index (χ1n) is 10.4. The third kappa shape index (κ3) is 5.88. The summed E-state index contributed by atoms with van der Waals surface area (Å²) in [6.45, 7) is 15.8. The predicted octanol–water partition coefficient (Wildman–Crippen LogP) is 4.63. The van der Waals surface area contributed by atoms with E-state index in [0.29, 0.717) is 43.2 Å². The second-order valence-electron chi connectivity index (χ2n) is 8.77. The zero-order valence-electron chi connectivity index (χ0n) is 19.2. The SMILES string of the molecule is CCOP(=O)(CCC(CO[Si](C)(C)C(C)(C)C)n1cnc2c(N)ncnc21)OCC. The van der Waals surface area contributed by atoms with E-state index in [9.17, 15) is 4.57 Å². The van der Waals surface area contributed by atoms with E-state index in [4.69, 9.17) is 19.2 Å². The lowest BCUT2D eigenvalue weighted by Gasteiger charge is -2.37. The smallest absolute Gasteiger partial charge is 0.330 e. The molecule has 0 aliphatic heterocycles. The Labute approximate surface area is 180 Å². The van der Waals surface area contributed by atoms with Gasteiger partial charge in [0.2, 0.25) is 0 Å². The fourth-order valence-electron chi connectivity index (χ4n) is 2.83. The topological polar surface area (TPSA) is 114 Å². The number of hydrogen-bond donors (Lipinski definition) is 1. The molecule has 2 aromatic heterocycles. The fourth-order valence-corrected chi connectivity index (χ4v) is 5.60. The van der Waals surface area contributed by atoms with Crippen LogP contribution in [0.3, 0.4) is 0 Å². The van der Waals surface area contributed by atoms with Gasteiger partial charge in [-0.2, -0.15) is 0 Å². The first-order chi connectivity index (χ1) is 13.9. The van der Waals surface area contributed by atoms with E-state index in [-0.39, 0.29) is 17.2 Å². The van der Waals surface area contributed by atoms with Crippen molar-refractivity contribution in [3.63, 3.8) is 0 Å². The van der Waals surface area contributed by atoms with E-state index in [2.05, 4.69) is 48.8 Å².